The molecule has 1 aromatic heterocycles. The lowest BCUT2D eigenvalue weighted by Crippen LogP contribution is -2.02. The number of thiazole rings is 1. The third-order valence-electron chi connectivity index (χ3n) is 3.00. The van der Waals surface area contributed by atoms with Crippen molar-refractivity contribution in [2.45, 2.75) is 20.3 Å². The van der Waals surface area contributed by atoms with Gasteiger partial charge in [-0.1, -0.05) is 0 Å². The SMILES string of the molecule is COc1cc(C)c(C)cc1-c1nc(CCN)cs1. The molecule has 2 rings (SSSR count). The molecule has 2 N–H and O–H groups in total. The van der Waals surface area contributed by atoms with Gasteiger partial charge in [-0.15, -0.1) is 11.3 Å². The maximum absolute atomic E-state index is 5.55. The predicted octanol–water partition coefficient (Wildman–Crippen LogP) is 2.94. The summed E-state index contributed by atoms with van der Waals surface area (Å²) in [7, 11) is 1.70. The lowest BCUT2D eigenvalue weighted by atomic mass is 10.1. The Bertz CT molecular complexity index is 549. The second-order valence-corrected chi connectivity index (χ2v) is 5.18. The van der Waals surface area contributed by atoms with Gasteiger partial charge in [0.2, 0.25) is 0 Å². The molecule has 4 heteroatoms. The van der Waals surface area contributed by atoms with Crippen molar-refractivity contribution in [3.05, 3.63) is 34.3 Å². The van der Waals surface area contributed by atoms with Gasteiger partial charge in [0.25, 0.3) is 0 Å². The number of methoxy groups -OCH3 is 1. The van der Waals surface area contributed by atoms with Crippen molar-refractivity contribution in [2.75, 3.05) is 13.7 Å². The minimum atomic E-state index is 0.632. The second-order valence-electron chi connectivity index (χ2n) is 4.32. The number of rotatable bonds is 4. The highest BCUT2D eigenvalue weighted by Crippen LogP contribution is 2.34. The largest absolute Gasteiger partial charge is 0.496 e. The average molecular weight is 262 g/mol. The molecule has 0 spiro atoms. The summed E-state index contributed by atoms with van der Waals surface area (Å²) in [4.78, 5) is 4.61. The highest BCUT2D eigenvalue weighted by atomic mass is 32.1. The molecule has 0 bridgehead atoms. The highest BCUT2D eigenvalue weighted by Gasteiger charge is 2.11. The normalized spacial score (nSPS) is 10.7. The Morgan fingerprint density at radius 3 is 2.67 bits per heavy atom. The van der Waals surface area contributed by atoms with Crippen LogP contribution in [-0.2, 0) is 6.42 Å². The van der Waals surface area contributed by atoms with Gasteiger partial charge in [0, 0.05) is 11.8 Å². The number of nitrogens with zero attached hydrogens (tertiary/aromatic N) is 1. The minimum absolute atomic E-state index is 0.632. The molecule has 0 fully saturated rings. The van der Waals surface area contributed by atoms with E-state index in [1.54, 1.807) is 18.4 Å². The summed E-state index contributed by atoms with van der Waals surface area (Å²) in [5.41, 5.74) is 10.1. The molecule has 0 saturated heterocycles. The Labute approximate surface area is 112 Å². The lowest BCUT2D eigenvalue weighted by molar-refractivity contribution is 0.416. The minimum Gasteiger partial charge on any atom is -0.496 e. The molecule has 2 aromatic rings. The average Bonchev–Trinajstić information content (AvgIpc) is 2.81. The molecular weight excluding hydrogens is 244 g/mol. The summed E-state index contributed by atoms with van der Waals surface area (Å²) in [5, 5.41) is 3.06. The highest BCUT2D eigenvalue weighted by molar-refractivity contribution is 7.13. The topological polar surface area (TPSA) is 48.1 Å². The van der Waals surface area contributed by atoms with Crippen LogP contribution in [-0.4, -0.2) is 18.6 Å². The van der Waals surface area contributed by atoms with E-state index in [1.165, 1.54) is 11.1 Å². The molecule has 1 heterocycles. The zero-order valence-electron chi connectivity index (χ0n) is 11.0. The standard InChI is InChI=1S/C14H18N2OS/c1-9-6-12(13(17-3)7-10(9)2)14-16-11(4-5-15)8-18-14/h6-8H,4-5,15H2,1-3H3. The first kappa shape index (κ1) is 13.1. The van der Waals surface area contributed by atoms with E-state index in [-0.39, 0.29) is 0 Å². The van der Waals surface area contributed by atoms with Crippen LogP contribution >= 0.6 is 11.3 Å². The molecule has 0 saturated carbocycles. The summed E-state index contributed by atoms with van der Waals surface area (Å²) in [6.45, 7) is 4.82. The molecule has 0 unspecified atom stereocenters. The molecular formula is C14H18N2OS. The van der Waals surface area contributed by atoms with Gasteiger partial charge in [-0.25, -0.2) is 4.98 Å². The van der Waals surface area contributed by atoms with Gasteiger partial charge in [0.05, 0.1) is 18.4 Å². The molecule has 1 aromatic carbocycles. The van der Waals surface area contributed by atoms with Crippen LogP contribution in [0.4, 0.5) is 0 Å². The van der Waals surface area contributed by atoms with E-state index in [0.717, 1.165) is 28.4 Å². The smallest absolute Gasteiger partial charge is 0.129 e. The summed E-state index contributed by atoms with van der Waals surface area (Å²) >= 11 is 1.64. The fourth-order valence-corrected chi connectivity index (χ4v) is 2.69. The number of nitrogens with two attached hydrogens (primary N) is 1. The zero-order valence-corrected chi connectivity index (χ0v) is 11.8. The third-order valence-corrected chi connectivity index (χ3v) is 3.92. The van der Waals surface area contributed by atoms with Crippen molar-refractivity contribution in [3.8, 4) is 16.3 Å². The van der Waals surface area contributed by atoms with Crippen LogP contribution in [0.1, 0.15) is 16.8 Å². The molecule has 18 heavy (non-hydrogen) atoms. The summed E-state index contributed by atoms with van der Waals surface area (Å²) in [5.74, 6) is 0.881. The number of hydrogen-bond donors (Lipinski definition) is 1. The van der Waals surface area contributed by atoms with Crippen molar-refractivity contribution in [1.29, 1.82) is 0 Å². The maximum Gasteiger partial charge on any atom is 0.129 e. The van der Waals surface area contributed by atoms with Crippen molar-refractivity contribution >= 4 is 11.3 Å². The predicted molar refractivity (Wildman–Crippen MR) is 76.3 cm³/mol. The van der Waals surface area contributed by atoms with Crippen LogP contribution in [0.15, 0.2) is 17.5 Å². The Morgan fingerprint density at radius 2 is 2.00 bits per heavy atom. The number of benzene rings is 1. The van der Waals surface area contributed by atoms with Crippen molar-refractivity contribution in [3.63, 3.8) is 0 Å². The van der Waals surface area contributed by atoms with E-state index < -0.39 is 0 Å². The molecule has 0 aliphatic heterocycles. The number of hydrogen-bond acceptors (Lipinski definition) is 4. The molecule has 0 aliphatic rings. The van der Waals surface area contributed by atoms with Gasteiger partial charge >= 0.3 is 0 Å². The molecule has 0 amide bonds. The molecule has 0 aliphatic carbocycles. The third kappa shape index (κ3) is 2.54. The molecule has 0 atom stereocenters. The summed E-state index contributed by atoms with van der Waals surface area (Å²) in [6.07, 6.45) is 0.823. The van der Waals surface area contributed by atoms with Gasteiger partial charge < -0.3 is 10.5 Å². The van der Waals surface area contributed by atoms with Crippen LogP contribution in [0.25, 0.3) is 10.6 Å². The zero-order chi connectivity index (χ0) is 13.1. The van der Waals surface area contributed by atoms with E-state index >= 15 is 0 Å². The van der Waals surface area contributed by atoms with Gasteiger partial charge in [-0.05, 0) is 43.7 Å². The monoisotopic (exact) mass is 262 g/mol. The number of aromatic nitrogens is 1. The Hall–Kier alpha value is -1.39. The quantitative estimate of drug-likeness (QED) is 0.921. The van der Waals surface area contributed by atoms with Crippen LogP contribution < -0.4 is 10.5 Å². The number of aryl methyl sites for hydroxylation is 2. The summed E-state index contributed by atoms with van der Waals surface area (Å²) in [6, 6.07) is 4.20. The maximum atomic E-state index is 5.55. The first-order valence-electron chi connectivity index (χ1n) is 5.95. The van der Waals surface area contributed by atoms with Crippen LogP contribution in [0, 0.1) is 13.8 Å². The van der Waals surface area contributed by atoms with Crippen molar-refractivity contribution < 1.29 is 4.74 Å². The fourth-order valence-electron chi connectivity index (χ4n) is 1.82. The van der Waals surface area contributed by atoms with E-state index in [9.17, 15) is 0 Å². The van der Waals surface area contributed by atoms with Gasteiger partial charge in [-0.2, -0.15) is 0 Å². The van der Waals surface area contributed by atoms with Gasteiger partial charge in [-0.3, -0.25) is 0 Å². The molecule has 96 valence electrons. The van der Waals surface area contributed by atoms with E-state index in [4.69, 9.17) is 10.5 Å². The first-order valence-corrected chi connectivity index (χ1v) is 6.83. The first-order chi connectivity index (χ1) is 8.65. The summed E-state index contributed by atoms with van der Waals surface area (Å²) < 4.78 is 5.45. The fraction of sp³-hybridized carbons (Fsp3) is 0.357. The Kier molecular flexibility index (Phi) is 3.99. The Balaban J connectivity index is 2.45. The molecule has 3 nitrogen and oxygen atoms in total. The van der Waals surface area contributed by atoms with E-state index in [2.05, 4.69) is 36.3 Å². The lowest BCUT2D eigenvalue weighted by Gasteiger charge is -2.09. The van der Waals surface area contributed by atoms with Gasteiger partial charge in [0.1, 0.15) is 10.8 Å². The van der Waals surface area contributed by atoms with Crippen LogP contribution in [0.5, 0.6) is 5.75 Å². The van der Waals surface area contributed by atoms with Crippen LogP contribution in [0.2, 0.25) is 0 Å². The number of ether oxygens (including phenoxy) is 1. The second kappa shape index (κ2) is 5.50. The Morgan fingerprint density at radius 1 is 1.28 bits per heavy atom. The van der Waals surface area contributed by atoms with E-state index in [0.29, 0.717) is 6.54 Å². The molecule has 0 radical (unpaired) electrons. The van der Waals surface area contributed by atoms with Crippen molar-refractivity contribution in [2.24, 2.45) is 5.73 Å². The van der Waals surface area contributed by atoms with Crippen LogP contribution in [0.3, 0.4) is 0 Å². The van der Waals surface area contributed by atoms with E-state index in [1.807, 2.05) is 0 Å². The van der Waals surface area contributed by atoms with Gasteiger partial charge in [0.15, 0.2) is 0 Å². The van der Waals surface area contributed by atoms with Crippen molar-refractivity contribution in [1.82, 2.24) is 4.98 Å².